The van der Waals surface area contributed by atoms with E-state index in [0.717, 1.165) is 28.6 Å². The van der Waals surface area contributed by atoms with Crippen molar-refractivity contribution in [3.05, 3.63) is 29.8 Å². The molecule has 4 nitrogen and oxygen atoms in total. The van der Waals surface area contributed by atoms with Crippen molar-refractivity contribution in [1.82, 2.24) is 4.31 Å². The Morgan fingerprint density at radius 1 is 1.14 bits per heavy atom. The van der Waals surface area contributed by atoms with E-state index in [0.29, 0.717) is 6.54 Å². The van der Waals surface area contributed by atoms with Crippen LogP contribution in [0, 0.1) is 5.41 Å². The first-order chi connectivity index (χ1) is 9.40. The smallest absolute Gasteiger partial charge is 0.330 e. The molecule has 1 rings (SSSR count). The third kappa shape index (κ3) is 4.42. The summed E-state index contributed by atoms with van der Waals surface area (Å²) < 4.78 is 63.1. The van der Waals surface area contributed by atoms with Crippen LogP contribution in [-0.4, -0.2) is 32.9 Å². The van der Waals surface area contributed by atoms with E-state index >= 15 is 0 Å². The molecule has 0 radical (unpaired) electrons. The van der Waals surface area contributed by atoms with Crippen LogP contribution in [0.15, 0.2) is 29.2 Å². The Balaban J connectivity index is 3.03. The van der Waals surface area contributed by atoms with Crippen molar-refractivity contribution in [2.24, 2.45) is 11.1 Å². The van der Waals surface area contributed by atoms with Gasteiger partial charge in [0, 0.05) is 13.6 Å². The second kappa shape index (κ2) is 5.94. The van der Waals surface area contributed by atoms with Crippen LogP contribution < -0.4 is 5.73 Å². The van der Waals surface area contributed by atoms with Gasteiger partial charge in [0.2, 0.25) is 10.0 Å². The molecule has 0 spiro atoms. The minimum Gasteiger partial charge on any atom is -0.330 e. The van der Waals surface area contributed by atoms with Crippen LogP contribution in [0.1, 0.15) is 19.4 Å². The van der Waals surface area contributed by atoms with Crippen molar-refractivity contribution in [3.8, 4) is 0 Å². The standard InChI is InChI=1S/C13H19F3N2O2S/c1-12(2,8-17)9-18(3)21(19,20)11-6-4-10(5-7-11)13(14,15)16/h4-7H,8-9,17H2,1-3H3. The average Bonchev–Trinajstić information content (AvgIpc) is 2.37. The summed E-state index contributed by atoms with van der Waals surface area (Å²) in [5.74, 6) is 0. The molecule has 0 bridgehead atoms. The summed E-state index contributed by atoms with van der Waals surface area (Å²) in [4.78, 5) is -0.175. The number of nitrogens with zero attached hydrogens (tertiary/aromatic N) is 1. The topological polar surface area (TPSA) is 63.4 Å². The van der Waals surface area contributed by atoms with E-state index < -0.39 is 27.2 Å². The van der Waals surface area contributed by atoms with Crippen LogP contribution in [0.5, 0.6) is 0 Å². The van der Waals surface area contributed by atoms with Crippen LogP contribution in [-0.2, 0) is 16.2 Å². The molecule has 2 N–H and O–H groups in total. The van der Waals surface area contributed by atoms with Crippen molar-refractivity contribution < 1.29 is 21.6 Å². The molecule has 0 aliphatic heterocycles. The first kappa shape index (κ1) is 17.9. The molecule has 8 heteroatoms. The summed E-state index contributed by atoms with van der Waals surface area (Å²) >= 11 is 0. The fraction of sp³-hybridized carbons (Fsp3) is 0.538. The van der Waals surface area contributed by atoms with Gasteiger partial charge in [-0.15, -0.1) is 0 Å². The second-order valence-corrected chi connectivity index (χ2v) is 7.70. The largest absolute Gasteiger partial charge is 0.416 e. The number of rotatable bonds is 5. The van der Waals surface area contributed by atoms with Gasteiger partial charge >= 0.3 is 6.18 Å². The molecule has 0 saturated carbocycles. The highest BCUT2D eigenvalue weighted by atomic mass is 32.2. The van der Waals surface area contributed by atoms with Gasteiger partial charge in [0.25, 0.3) is 0 Å². The Kier molecular flexibility index (Phi) is 5.07. The lowest BCUT2D eigenvalue weighted by molar-refractivity contribution is -0.137. The van der Waals surface area contributed by atoms with E-state index in [1.165, 1.54) is 7.05 Å². The number of alkyl halides is 3. The maximum Gasteiger partial charge on any atom is 0.416 e. The lowest BCUT2D eigenvalue weighted by atomic mass is 9.94. The predicted molar refractivity (Wildman–Crippen MR) is 74.1 cm³/mol. The highest BCUT2D eigenvalue weighted by Crippen LogP contribution is 2.30. The van der Waals surface area contributed by atoms with Crippen molar-refractivity contribution in [2.45, 2.75) is 24.9 Å². The van der Waals surface area contributed by atoms with Gasteiger partial charge in [0.05, 0.1) is 10.5 Å². The van der Waals surface area contributed by atoms with Gasteiger partial charge in [-0.05, 0) is 36.2 Å². The van der Waals surface area contributed by atoms with Crippen molar-refractivity contribution in [2.75, 3.05) is 20.1 Å². The molecule has 0 atom stereocenters. The van der Waals surface area contributed by atoms with Crippen molar-refractivity contribution in [3.63, 3.8) is 0 Å². The summed E-state index contributed by atoms with van der Waals surface area (Å²) in [6.45, 7) is 4.09. The zero-order chi connectivity index (χ0) is 16.5. The maximum absolute atomic E-state index is 12.5. The van der Waals surface area contributed by atoms with Gasteiger partial charge in [0.1, 0.15) is 0 Å². The number of hydrogen-bond acceptors (Lipinski definition) is 3. The van der Waals surface area contributed by atoms with Crippen LogP contribution in [0.3, 0.4) is 0 Å². The van der Waals surface area contributed by atoms with Crippen LogP contribution in [0.2, 0.25) is 0 Å². The molecular formula is C13H19F3N2O2S. The number of halogens is 3. The molecule has 0 saturated heterocycles. The van der Waals surface area contributed by atoms with Gasteiger partial charge in [-0.1, -0.05) is 13.8 Å². The molecule has 0 fully saturated rings. The first-order valence-electron chi connectivity index (χ1n) is 6.24. The van der Waals surface area contributed by atoms with Gasteiger partial charge in [-0.25, -0.2) is 12.7 Å². The minimum absolute atomic E-state index is 0.173. The Morgan fingerprint density at radius 2 is 1.62 bits per heavy atom. The Labute approximate surface area is 122 Å². The molecule has 0 aliphatic carbocycles. The summed E-state index contributed by atoms with van der Waals surface area (Å²) in [6, 6.07) is 3.44. The quantitative estimate of drug-likeness (QED) is 0.904. The van der Waals surface area contributed by atoms with Gasteiger partial charge in [0.15, 0.2) is 0 Å². The number of benzene rings is 1. The summed E-state index contributed by atoms with van der Waals surface area (Å²) in [5.41, 5.74) is 4.25. The van der Waals surface area contributed by atoms with E-state index in [1.54, 1.807) is 0 Å². The molecule has 1 aromatic carbocycles. The number of sulfonamides is 1. The fourth-order valence-corrected chi connectivity index (χ4v) is 3.11. The highest BCUT2D eigenvalue weighted by molar-refractivity contribution is 7.89. The Hall–Kier alpha value is -1.12. The van der Waals surface area contributed by atoms with E-state index in [4.69, 9.17) is 5.73 Å². The molecule has 0 aromatic heterocycles. The third-order valence-electron chi connectivity index (χ3n) is 3.09. The molecule has 21 heavy (non-hydrogen) atoms. The lowest BCUT2D eigenvalue weighted by Crippen LogP contribution is -2.39. The van der Waals surface area contributed by atoms with E-state index in [9.17, 15) is 21.6 Å². The normalized spacial score (nSPS) is 13.7. The second-order valence-electron chi connectivity index (χ2n) is 5.65. The molecule has 120 valence electrons. The SMILES string of the molecule is CN(CC(C)(C)CN)S(=O)(=O)c1ccc(C(F)(F)F)cc1. The van der Waals surface area contributed by atoms with Crippen LogP contribution >= 0.6 is 0 Å². The van der Waals surface area contributed by atoms with E-state index in [-0.39, 0.29) is 11.4 Å². The molecular weight excluding hydrogens is 305 g/mol. The fourth-order valence-electron chi connectivity index (χ4n) is 1.75. The third-order valence-corrected chi connectivity index (χ3v) is 4.91. The van der Waals surface area contributed by atoms with E-state index in [2.05, 4.69) is 0 Å². The first-order valence-corrected chi connectivity index (χ1v) is 7.68. The summed E-state index contributed by atoms with van der Waals surface area (Å²) in [5, 5.41) is 0. The molecule has 0 amide bonds. The molecule has 0 unspecified atom stereocenters. The van der Waals surface area contributed by atoms with E-state index in [1.807, 2.05) is 13.8 Å². The Bertz CT molecular complexity index is 580. The lowest BCUT2D eigenvalue weighted by Gasteiger charge is -2.28. The van der Waals surface area contributed by atoms with Gasteiger partial charge in [-0.2, -0.15) is 13.2 Å². The van der Waals surface area contributed by atoms with Crippen LogP contribution in [0.4, 0.5) is 13.2 Å². The number of hydrogen-bond donors (Lipinski definition) is 1. The van der Waals surface area contributed by atoms with Gasteiger partial charge in [-0.3, -0.25) is 0 Å². The molecule has 0 heterocycles. The average molecular weight is 324 g/mol. The highest BCUT2D eigenvalue weighted by Gasteiger charge is 2.32. The maximum atomic E-state index is 12.5. The zero-order valence-corrected chi connectivity index (χ0v) is 12.9. The van der Waals surface area contributed by atoms with Crippen molar-refractivity contribution >= 4 is 10.0 Å². The van der Waals surface area contributed by atoms with Gasteiger partial charge < -0.3 is 5.73 Å². The molecule has 1 aromatic rings. The summed E-state index contributed by atoms with van der Waals surface area (Å²) in [7, 11) is -2.45. The van der Waals surface area contributed by atoms with Crippen molar-refractivity contribution in [1.29, 1.82) is 0 Å². The monoisotopic (exact) mass is 324 g/mol. The molecule has 0 aliphatic rings. The summed E-state index contributed by atoms with van der Waals surface area (Å²) in [6.07, 6.45) is -4.49. The predicted octanol–water partition coefficient (Wildman–Crippen LogP) is 2.31. The number of nitrogens with two attached hydrogens (primary N) is 1. The zero-order valence-electron chi connectivity index (χ0n) is 12.1. The minimum atomic E-state index is -4.49. The van der Waals surface area contributed by atoms with Crippen LogP contribution in [0.25, 0.3) is 0 Å². The Morgan fingerprint density at radius 3 is 2.00 bits per heavy atom.